The largest absolute Gasteiger partial charge is 0.392 e. The summed E-state index contributed by atoms with van der Waals surface area (Å²) in [6, 6.07) is 2.66. The van der Waals surface area contributed by atoms with E-state index in [4.69, 9.17) is 23.2 Å². The molecule has 0 radical (unpaired) electrons. The van der Waals surface area contributed by atoms with Gasteiger partial charge in [0.15, 0.2) is 0 Å². The van der Waals surface area contributed by atoms with Gasteiger partial charge in [0.1, 0.15) is 4.90 Å². The highest BCUT2D eigenvalue weighted by Crippen LogP contribution is 2.29. The Morgan fingerprint density at radius 1 is 1.33 bits per heavy atom. The number of aromatic amines is 1. The quantitative estimate of drug-likeness (QED) is 0.769. The van der Waals surface area contributed by atoms with E-state index >= 15 is 0 Å². The number of nitrogens with one attached hydrogen (secondary N) is 2. The highest BCUT2D eigenvalue weighted by molar-refractivity contribution is 7.89. The molecule has 0 aliphatic carbocycles. The maximum Gasteiger partial charge on any atom is 0.242 e. The number of hydrogen-bond acceptors (Lipinski definition) is 4. The first-order chi connectivity index (χ1) is 9.85. The summed E-state index contributed by atoms with van der Waals surface area (Å²) in [7, 11) is -3.86. The normalized spacial score (nSPS) is 11.8. The van der Waals surface area contributed by atoms with Crippen molar-refractivity contribution in [3.63, 3.8) is 0 Å². The minimum Gasteiger partial charge on any atom is -0.392 e. The molecule has 0 spiro atoms. The minimum atomic E-state index is -3.86. The van der Waals surface area contributed by atoms with Crippen LogP contribution in [0.5, 0.6) is 0 Å². The summed E-state index contributed by atoms with van der Waals surface area (Å²) < 4.78 is 27.1. The van der Waals surface area contributed by atoms with Gasteiger partial charge >= 0.3 is 0 Å². The molecule has 2 rings (SSSR count). The lowest BCUT2D eigenvalue weighted by Gasteiger charge is -2.11. The smallest absolute Gasteiger partial charge is 0.242 e. The Bertz CT molecular complexity index is 759. The van der Waals surface area contributed by atoms with Gasteiger partial charge in [0.25, 0.3) is 0 Å². The maximum atomic E-state index is 12.3. The molecule has 1 aromatic heterocycles. The molecule has 9 heteroatoms. The van der Waals surface area contributed by atoms with Gasteiger partial charge in [-0.2, -0.15) is 5.10 Å². The van der Waals surface area contributed by atoms with Crippen molar-refractivity contribution in [1.29, 1.82) is 0 Å². The van der Waals surface area contributed by atoms with Crippen LogP contribution in [0.25, 0.3) is 0 Å². The van der Waals surface area contributed by atoms with E-state index in [1.54, 1.807) is 6.92 Å². The second-order valence-corrected chi connectivity index (χ2v) is 6.93. The molecule has 6 nitrogen and oxygen atoms in total. The van der Waals surface area contributed by atoms with Crippen molar-refractivity contribution in [2.45, 2.75) is 25.0 Å². The Hall–Kier alpha value is -1.12. The molecule has 0 atom stereocenters. The fraction of sp³-hybridized carbons (Fsp3) is 0.250. The molecule has 1 heterocycles. The van der Waals surface area contributed by atoms with Crippen LogP contribution in [0.1, 0.15) is 16.8 Å². The van der Waals surface area contributed by atoms with Gasteiger partial charge in [0, 0.05) is 22.8 Å². The predicted octanol–water partition coefficient (Wildman–Crippen LogP) is 2.00. The average Bonchev–Trinajstić information content (AvgIpc) is 2.84. The number of aryl methyl sites for hydroxylation is 1. The highest BCUT2D eigenvalue weighted by atomic mass is 35.5. The molecule has 21 heavy (non-hydrogen) atoms. The highest BCUT2D eigenvalue weighted by Gasteiger charge is 2.21. The molecule has 0 saturated carbocycles. The van der Waals surface area contributed by atoms with E-state index in [1.165, 1.54) is 18.3 Å². The van der Waals surface area contributed by atoms with E-state index in [0.29, 0.717) is 0 Å². The molecular formula is C12H13Cl2N3O3S. The average molecular weight is 350 g/mol. The monoisotopic (exact) mass is 349 g/mol. The molecule has 0 unspecified atom stereocenters. The van der Waals surface area contributed by atoms with Gasteiger partial charge in [-0.25, -0.2) is 13.1 Å². The van der Waals surface area contributed by atoms with Crippen molar-refractivity contribution in [3.8, 4) is 0 Å². The summed E-state index contributed by atoms with van der Waals surface area (Å²) in [4.78, 5) is -0.165. The van der Waals surface area contributed by atoms with Crippen LogP contribution in [0, 0.1) is 6.92 Å². The van der Waals surface area contributed by atoms with E-state index in [-0.39, 0.29) is 27.0 Å². The molecule has 3 N–H and O–H groups in total. The number of sulfonamides is 1. The van der Waals surface area contributed by atoms with Crippen LogP contribution in [-0.2, 0) is 23.2 Å². The number of aliphatic hydroxyl groups is 1. The zero-order chi connectivity index (χ0) is 15.6. The molecule has 1 aromatic carbocycles. The Kier molecular flexibility index (Phi) is 4.90. The summed E-state index contributed by atoms with van der Waals surface area (Å²) >= 11 is 11.9. The summed E-state index contributed by atoms with van der Waals surface area (Å²) in [5, 5.41) is 15.9. The fourth-order valence-electron chi connectivity index (χ4n) is 1.73. The molecular weight excluding hydrogens is 337 g/mol. The summed E-state index contributed by atoms with van der Waals surface area (Å²) in [6.45, 7) is 1.46. The standard InChI is InChI=1S/C12H13Cl2N3O3S/c1-7-9(4-15-17-7)5-16-21(19,20)11-3-10(13)2-8(6-18)12(11)14/h2-4,16,18H,5-6H2,1H3,(H,15,17). The van der Waals surface area contributed by atoms with Gasteiger partial charge < -0.3 is 5.11 Å². The van der Waals surface area contributed by atoms with Gasteiger partial charge in [-0.15, -0.1) is 0 Å². The van der Waals surface area contributed by atoms with Crippen molar-refractivity contribution in [3.05, 3.63) is 45.2 Å². The van der Waals surface area contributed by atoms with Gasteiger partial charge in [-0.1, -0.05) is 23.2 Å². The van der Waals surface area contributed by atoms with Crippen LogP contribution < -0.4 is 4.72 Å². The zero-order valence-corrected chi connectivity index (χ0v) is 13.3. The molecule has 0 aliphatic rings. The lowest BCUT2D eigenvalue weighted by molar-refractivity contribution is 0.281. The topological polar surface area (TPSA) is 95.1 Å². The third-order valence-corrected chi connectivity index (χ3v) is 5.13. The third kappa shape index (κ3) is 3.56. The van der Waals surface area contributed by atoms with E-state index in [2.05, 4.69) is 14.9 Å². The number of rotatable bonds is 5. The Morgan fingerprint density at radius 3 is 2.62 bits per heavy atom. The van der Waals surface area contributed by atoms with Crippen molar-refractivity contribution < 1.29 is 13.5 Å². The number of halogens is 2. The number of nitrogens with zero attached hydrogens (tertiary/aromatic N) is 1. The lowest BCUT2D eigenvalue weighted by atomic mass is 10.2. The Balaban J connectivity index is 2.32. The molecule has 0 amide bonds. The first kappa shape index (κ1) is 16.3. The van der Waals surface area contributed by atoms with Crippen molar-refractivity contribution >= 4 is 33.2 Å². The summed E-state index contributed by atoms with van der Waals surface area (Å²) in [6.07, 6.45) is 1.54. The number of benzene rings is 1. The van der Waals surface area contributed by atoms with Crippen LogP contribution in [0.2, 0.25) is 10.0 Å². The van der Waals surface area contributed by atoms with E-state index in [0.717, 1.165) is 11.3 Å². The molecule has 2 aromatic rings. The SMILES string of the molecule is Cc1[nH]ncc1CNS(=O)(=O)c1cc(Cl)cc(CO)c1Cl. The molecule has 0 aliphatic heterocycles. The van der Waals surface area contributed by atoms with Gasteiger partial charge in [0.2, 0.25) is 10.0 Å². The van der Waals surface area contributed by atoms with Crippen LogP contribution >= 0.6 is 23.2 Å². The Labute approximate surface area is 132 Å². The van der Waals surface area contributed by atoms with Crippen molar-refractivity contribution in [2.75, 3.05) is 0 Å². The van der Waals surface area contributed by atoms with Crippen LogP contribution in [-0.4, -0.2) is 23.7 Å². The number of hydrogen-bond donors (Lipinski definition) is 3. The fourth-order valence-corrected chi connectivity index (χ4v) is 3.66. The zero-order valence-electron chi connectivity index (χ0n) is 11.0. The molecule has 114 valence electrons. The van der Waals surface area contributed by atoms with Gasteiger partial charge in [-0.05, 0) is 24.6 Å². The second-order valence-electron chi connectivity index (χ2n) is 4.38. The molecule has 0 fully saturated rings. The Morgan fingerprint density at radius 2 is 2.05 bits per heavy atom. The minimum absolute atomic E-state index is 0.0432. The molecule has 0 saturated heterocycles. The number of H-pyrrole nitrogens is 1. The number of aliphatic hydroxyl groups excluding tert-OH is 1. The first-order valence-electron chi connectivity index (χ1n) is 5.92. The van der Waals surface area contributed by atoms with E-state index in [1.807, 2.05) is 0 Å². The molecule has 0 bridgehead atoms. The first-order valence-corrected chi connectivity index (χ1v) is 8.16. The van der Waals surface area contributed by atoms with E-state index in [9.17, 15) is 13.5 Å². The van der Waals surface area contributed by atoms with Gasteiger partial charge in [0.05, 0.1) is 17.8 Å². The van der Waals surface area contributed by atoms with Crippen LogP contribution in [0.3, 0.4) is 0 Å². The van der Waals surface area contributed by atoms with Crippen molar-refractivity contribution in [1.82, 2.24) is 14.9 Å². The second kappa shape index (κ2) is 6.33. The predicted molar refractivity (Wildman–Crippen MR) is 79.7 cm³/mol. The lowest BCUT2D eigenvalue weighted by Crippen LogP contribution is -2.24. The maximum absolute atomic E-state index is 12.3. The van der Waals surface area contributed by atoms with Crippen LogP contribution in [0.15, 0.2) is 23.2 Å². The third-order valence-electron chi connectivity index (χ3n) is 2.93. The van der Waals surface area contributed by atoms with Crippen LogP contribution in [0.4, 0.5) is 0 Å². The van der Waals surface area contributed by atoms with Gasteiger partial charge in [-0.3, -0.25) is 5.10 Å². The summed E-state index contributed by atoms with van der Waals surface area (Å²) in [5.74, 6) is 0. The van der Waals surface area contributed by atoms with E-state index < -0.39 is 16.6 Å². The van der Waals surface area contributed by atoms with Crippen molar-refractivity contribution in [2.24, 2.45) is 0 Å². The summed E-state index contributed by atoms with van der Waals surface area (Å²) in [5.41, 5.74) is 1.74. The number of aromatic nitrogens is 2.